The summed E-state index contributed by atoms with van der Waals surface area (Å²) in [5, 5.41) is 10.4. The van der Waals surface area contributed by atoms with Crippen LogP contribution in [0.5, 0.6) is 5.75 Å². The Kier molecular flexibility index (Phi) is 4.23. The van der Waals surface area contributed by atoms with Crippen LogP contribution >= 0.6 is 0 Å². The SMILES string of the molecule is COc1ccc(C)cc1C(O)Cc1ccc(C)cc1. The van der Waals surface area contributed by atoms with Crippen LogP contribution in [0.3, 0.4) is 0 Å². The zero-order valence-corrected chi connectivity index (χ0v) is 11.7. The first kappa shape index (κ1) is 13.6. The Morgan fingerprint density at radius 1 is 1.00 bits per heavy atom. The van der Waals surface area contributed by atoms with Crippen molar-refractivity contribution in [2.75, 3.05) is 7.11 Å². The molecule has 0 amide bonds. The first-order valence-electron chi connectivity index (χ1n) is 6.48. The highest BCUT2D eigenvalue weighted by Crippen LogP contribution is 2.28. The Labute approximate surface area is 114 Å². The van der Waals surface area contributed by atoms with Gasteiger partial charge >= 0.3 is 0 Å². The van der Waals surface area contributed by atoms with E-state index < -0.39 is 6.10 Å². The lowest BCUT2D eigenvalue weighted by Crippen LogP contribution is -2.04. The Morgan fingerprint density at radius 2 is 1.63 bits per heavy atom. The number of rotatable bonds is 4. The number of ether oxygens (including phenoxy) is 1. The van der Waals surface area contributed by atoms with E-state index in [1.807, 2.05) is 25.1 Å². The zero-order chi connectivity index (χ0) is 13.8. The van der Waals surface area contributed by atoms with Gasteiger partial charge in [-0.05, 0) is 31.5 Å². The maximum atomic E-state index is 10.4. The molecule has 0 aliphatic heterocycles. The number of hydrogen-bond donors (Lipinski definition) is 1. The molecule has 0 saturated carbocycles. The standard InChI is InChI=1S/C17H20O2/c1-12-4-7-14(8-5-12)11-16(18)15-10-13(2)6-9-17(15)19-3/h4-10,16,18H,11H2,1-3H3. The molecular weight excluding hydrogens is 236 g/mol. The normalized spacial score (nSPS) is 12.2. The van der Waals surface area contributed by atoms with Crippen LogP contribution in [0, 0.1) is 13.8 Å². The fourth-order valence-corrected chi connectivity index (χ4v) is 2.17. The van der Waals surface area contributed by atoms with E-state index in [9.17, 15) is 5.11 Å². The third-order valence-corrected chi connectivity index (χ3v) is 3.29. The summed E-state index contributed by atoms with van der Waals surface area (Å²) < 4.78 is 5.32. The first-order valence-corrected chi connectivity index (χ1v) is 6.48. The van der Waals surface area contributed by atoms with Gasteiger partial charge in [-0.1, -0.05) is 41.5 Å². The van der Waals surface area contributed by atoms with Crippen LogP contribution in [-0.2, 0) is 6.42 Å². The minimum absolute atomic E-state index is 0.544. The highest BCUT2D eigenvalue weighted by Gasteiger charge is 2.14. The molecule has 0 aromatic heterocycles. The van der Waals surface area contributed by atoms with Crippen LogP contribution in [0.4, 0.5) is 0 Å². The second-order valence-electron chi connectivity index (χ2n) is 4.95. The summed E-state index contributed by atoms with van der Waals surface area (Å²) in [5.74, 6) is 0.741. The zero-order valence-electron chi connectivity index (χ0n) is 11.7. The highest BCUT2D eigenvalue weighted by molar-refractivity contribution is 5.39. The summed E-state index contributed by atoms with van der Waals surface area (Å²) in [6, 6.07) is 14.1. The molecule has 1 unspecified atom stereocenters. The molecule has 2 aromatic carbocycles. The monoisotopic (exact) mass is 256 g/mol. The summed E-state index contributed by atoms with van der Waals surface area (Å²) in [6.07, 6.45) is 0.0534. The first-order chi connectivity index (χ1) is 9.10. The van der Waals surface area contributed by atoms with Gasteiger partial charge in [0, 0.05) is 12.0 Å². The molecule has 0 bridgehead atoms. The molecule has 100 valence electrons. The maximum Gasteiger partial charge on any atom is 0.124 e. The minimum atomic E-state index is -0.544. The molecule has 2 rings (SSSR count). The molecule has 0 saturated heterocycles. The lowest BCUT2D eigenvalue weighted by atomic mass is 9.98. The van der Waals surface area contributed by atoms with Crippen molar-refractivity contribution in [1.82, 2.24) is 0 Å². The molecule has 0 aliphatic rings. The fraction of sp³-hybridized carbons (Fsp3) is 0.294. The van der Waals surface area contributed by atoms with E-state index in [0.717, 1.165) is 22.4 Å². The Balaban J connectivity index is 2.21. The highest BCUT2D eigenvalue weighted by atomic mass is 16.5. The third-order valence-electron chi connectivity index (χ3n) is 3.29. The number of aryl methyl sites for hydroxylation is 2. The van der Waals surface area contributed by atoms with E-state index in [2.05, 4.69) is 31.2 Å². The van der Waals surface area contributed by atoms with Gasteiger partial charge < -0.3 is 9.84 Å². The minimum Gasteiger partial charge on any atom is -0.496 e. The summed E-state index contributed by atoms with van der Waals surface area (Å²) in [5.41, 5.74) is 4.33. The number of aliphatic hydroxyl groups excluding tert-OH is 1. The van der Waals surface area contributed by atoms with E-state index >= 15 is 0 Å². The van der Waals surface area contributed by atoms with Gasteiger partial charge in [0.25, 0.3) is 0 Å². The van der Waals surface area contributed by atoms with Crippen LogP contribution in [-0.4, -0.2) is 12.2 Å². The van der Waals surface area contributed by atoms with Crippen molar-refractivity contribution in [3.63, 3.8) is 0 Å². The van der Waals surface area contributed by atoms with Gasteiger partial charge in [-0.2, -0.15) is 0 Å². The quantitative estimate of drug-likeness (QED) is 0.906. The largest absolute Gasteiger partial charge is 0.496 e. The number of benzene rings is 2. The molecule has 2 aromatic rings. The number of methoxy groups -OCH3 is 1. The molecule has 0 heterocycles. The van der Waals surface area contributed by atoms with Gasteiger partial charge in [-0.25, -0.2) is 0 Å². The van der Waals surface area contributed by atoms with Gasteiger partial charge in [-0.15, -0.1) is 0 Å². The van der Waals surface area contributed by atoms with Crippen LogP contribution in [0.1, 0.15) is 28.4 Å². The van der Waals surface area contributed by atoms with Gasteiger partial charge in [0.2, 0.25) is 0 Å². The van der Waals surface area contributed by atoms with Crippen molar-refractivity contribution in [2.24, 2.45) is 0 Å². The molecule has 0 radical (unpaired) electrons. The van der Waals surface area contributed by atoms with Gasteiger partial charge in [0.05, 0.1) is 13.2 Å². The van der Waals surface area contributed by atoms with Crippen molar-refractivity contribution in [2.45, 2.75) is 26.4 Å². The van der Waals surface area contributed by atoms with Crippen LogP contribution in [0.15, 0.2) is 42.5 Å². The maximum absolute atomic E-state index is 10.4. The topological polar surface area (TPSA) is 29.5 Å². The molecular formula is C17H20O2. The van der Waals surface area contributed by atoms with Crippen molar-refractivity contribution >= 4 is 0 Å². The van der Waals surface area contributed by atoms with E-state index in [-0.39, 0.29) is 0 Å². The van der Waals surface area contributed by atoms with Gasteiger partial charge in [0.15, 0.2) is 0 Å². The smallest absolute Gasteiger partial charge is 0.124 e. The lowest BCUT2D eigenvalue weighted by Gasteiger charge is -2.15. The van der Waals surface area contributed by atoms with Crippen molar-refractivity contribution < 1.29 is 9.84 Å². The average Bonchev–Trinajstić information content (AvgIpc) is 2.41. The van der Waals surface area contributed by atoms with Crippen LogP contribution in [0.2, 0.25) is 0 Å². The van der Waals surface area contributed by atoms with E-state index in [0.29, 0.717) is 6.42 Å². The van der Waals surface area contributed by atoms with Gasteiger partial charge in [-0.3, -0.25) is 0 Å². The summed E-state index contributed by atoms with van der Waals surface area (Å²) in [6.45, 7) is 4.07. The Bertz CT molecular complexity index is 544. The van der Waals surface area contributed by atoms with Crippen LogP contribution < -0.4 is 4.74 Å². The third kappa shape index (κ3) is 3.36. The Hall–Kier alpha value is -1.80. The number of aliphatic hydroxyl groups is 1. The summed E-state index contributed by atoms with van der Waals surface area (Å²) in [7, 11) is 1.63. The predicted octanol–water partition coefficient (Wildman–Crippen LogP) is 3.59. The summed E-state index contributed by atoms with van der Waals surface area (Å²) in [4.78, 5) is 0. The molecule has 1 atom stereocenters. The Morgan fingerprint density at radius 3 is 2.26 bits per heavy atom. The fourth-order valence-electron chi connectivity index (χ4n) is 2.17. The molecule has 0 fully saturated rings. The second-order valence-corrected chi connectivity index (χ2v) is 4.95. The van der Waals surface area contributed by atoms with Crippen molar-refractivity contribution in [1.29, 1.82) is 0 Å². The number of hydrogen-bond acceptors (Lipinski definition) is 2. The molecule has 1 N–H and O–H groups in total. The molecule has 2 heteroatoms. The molecule has 19 heavy (non-hydrogen) atoms. The molecule has 0 spiro atoms. The van der Waals surface area contributed by atoms with E-state index in [1.54, 1.807) is 7.11 Å². The van der Waals surface area contributed by atoms with Crippen LogP contribution in [0.25, 0.3) is 0 Å². The molecule has 2 nitrogen and oxygen atoms in total. The molecule has 0 aliphatic carbocycles. The lowest BCUT2D eigenvalue weighted by molar-refractivity contribution is 0.174. The van der Waals surface area contributed by atoms with E-state index in [4.69, 9.17) is 4.74 Å². The predicted molar refractivity (Wildman–Crippen MR) is 77.6 cm³/mol. The summed E-state index contributed by atoms with van der Waals surface area (Å²) >= 11 is 0. The second kappa shape index (κ2) is 5.89. The van der Waals surface area contributed by atoms with E-state index in [1.165, 1.54) is 5.56 Å². The van der Waals surface area contributed by atoms with Crippen molar-refractivity contribution in [3.8, 4) is 5.75 Å². The average molecular weight is 256 g/mol. The van der Waals surface area contributed by atoms with Gasteiger partial charge in [0.1, 0.15) is 5.75 Å². The van der Waals surface area contributed by atoms with Crippen molar-refractivity contribution in [3.05, 3.63) is 64.7 Å².